The average Bonchev–Trinajstić information content (AvgIpc) is 2.92. The Morgan fingerprint density at radius 2 is 2.00 bits per heavy atom. The Kier molecular flexibility index (Phi) is 3.72. The lowest BCUT2D eigenvalue weighted by molar-refractivity contribution is -0.134. The average molecular weight is 327 g/mol. The maximum absolute atomic E-state index is 12.1. The Bertz CT molecular complexity index is 807. The third-order valence-corrected chi connectivity index (χ3v) is 4.92. The van der Waals surface area contributed by atoms with Crippen LogP contribution in [0.15, 0.2) is 18.2 Å². The molecule has 126 valence electrons. The molecular weight excluding hydrogens is 306 g/mol. The first kappa shape index (κ1) is 15.1. The maximum Gasteiger partial charge on any atom is 0.234 e. The molecule has 24 heavy (non-hydrogen) atoms. The third-order valence-electron chi connectivity index (χ3n) is 4.92. The summed E-state index contributed by atoms with van der Waals surface area (Å²) in [6.07, 6.45) is 0.955. The minimum Gasteiger partial charge on any atom is -0.340 e. The first-order valence-electron chi connectivity index (χ1n) is 8.39. The number of aryl methyl sites for hydroxylation is 1. The number of amides is 2. The van der Waals surface area contributed by atoms with Crippen LogP contribution in [0.4, 0.5) is 5.95 Å². The van der Waals surface area contributed by atoms with E-state index in [4.69, 9.17) is 4.98 Å². The monoisotopic (exact) mass is 327 g/mol. The number of hydrogen-bond acceptors (Lipinski definition) is 5. The molecular formula is C17H21N5O2. The minimum absolute atomic E-state index is 0.184. The third kappa shape index (κ3) is 2.54. The number of carbonyl (C=O) groups is 2. The minimum atomic E-state index is -0.267. The Labute approximate surface area is 140 Å². The van der Waals surface area contributed by atoms with Gasteiger partial charge in [0.15, 0.2) is 0 Å². The molecule has 1 aromatic heterocycles. The van der Waals surface area contributed by atoms with E-state index >= 15 is 0 Å². The molecule has 3 heterocycles. The number of imidazole rings is 1. The molecule has 4 rings (SSSR count). The number of fused-ring (bicyclic) bond motifs is 1. The van der Waals surface area contributed by atoms with Gasteiger partial charge in [-0.15, -0.1) is 0 Å². The number of nitrogens with zero attached hydrogens (tertiary/aromatic N) is 3. The van der Waals surface area contributed by atoms with Gasteiger partial charge >= 0.3 is 0 Å². The first-order chi connectivity index (χ1) is 11.6. The predicted octanol–water partition coefficient (Wildman–Crippen LogP) is 0.503. The van der Waals surface area contributed by atoms with Crippen LogP contribution >= 0.6 is 0 Å². The Balaban J connectivity index is 1.68. The molecule has 2 aromatic rings. The first-order valence-corrected chi connectivity index (χ1v) is 8.39. The lowest BCUT2D eigenvalue weighted by Gasteiger charge is -2.28. The summed E-state index contributed by atoms with van der Waals surface area (Å²) in [5, 5.41) is 5.77. The van der Waals surface area contributed by atoms with Crippen LogP contribution in [0.2, 0.25) is 0 Å². The molecule has 0 aliphatic carbocycles. The smallest absolute Gasteiger partial charge is 0.234 e. The van der Waals surface area contributed by atoms with E-state index in [1.54, 1.807) is 0 Å². The zero-order chi connectivity index (χ0) is 16.7. The fourth-order valence-electron chi connectivity index (χ4n) is 3.58. The van der Waals surface area contributed by atoms with Crippen molar-refractivity contribution in [3.8, 4) is 0 Å². The van der Waals surface area contributed by atoms with E-state index in [0.29, 0.717) is 12.8 Å². The second-order valence-corrected chi connectivity index (χ2v) is 6.46. The standard InChI is InChI=1S/C17H21N5O2/c1-21-14-4-2-11(12-3-5-15(23)20-16(12)24)10-13(14)19-17(21)22-8-6-18-7-9-22/h2,4,10,12,18H,3,5-9H2,1H3,(H,20,23,24). The van der Waals surface area contributed by atoms with Crippen molar-refractivity contribution in [2.45, 2.75) is 18.8 Å². The molecule has 2 saturated heterocycles. The van der Waals surface area contributed by atoms with Gasteiger partial charge in [-0.1, -0.05) is 6.07 Å². The van der Waals surface area contributed by atoms with Crippen LogP contribution in [0.3, 0.4) is 0 Å². The van der Waals surface area contributed by atoms with Gasteiger partial charge in [0.1, 0.15) is 0 Å². The number of piperazine rings is 1. The van der Waals surface area contributed by atoms with Crippen LogP contribution in [0.1, 0.15) is 24.3 Å². The van der Waals surface area contributed by atoms with Crippen molar-refractivity contribution in [3.05, 3.63) is 23.8 Å². The molecule has 2 aliphatic rings. The number of benzene rings is 1. The molecule has 7 nitrogen and oxygen atoms in total. The number of aromatic nitrogens is 2. The van der Waals surface area contributed by atoms with E-state index in [1.807, 2.05) is 25.2 Å². The second kappa shape index (κ2) is 5.90. The highest BCUT2D eigenvalue weighted by atomic mass is 16.2. The number of nitrogens with one attached hydrogen (secondary N) is 2. The van der Waals surface area contributed by atoms with Crippen molar-refractivity contribution in [3.63, 3.8) is 0 Å². The van der Waals surface area contributed by atoms with Crippen LogP contribution in [-0.2, 0) is 16.6 Å². The quantitative estimate of drug-likeness (QED) is 0.786. The van der Waals surface area contributed by atoms with E-state index in [9.17, 15) is 9.59 Å². The zero-order valence-corrected chi connectivity index (χ0v) is 13.7. The van der Waals surface area contributed by atoms with E-state index in [0.717, 1.165) is 48.7 Å². The number of rotatable bonds is 2. The normalized spacial score (nSPS) is 22.0. The predicted molar refractivity (Wildman–Crippen MR) is 90.9 cm³/mol. The van der Waals surface area contributed by atoms with Gasteiger partial charge in [0.05, 0.1) is 17.0 Å². The highest BCUT2D eigenvalue weighted by Crippen LogP contribution is 2.29. The summed E-state index contributed by atoms with van der Waals surface area (Å²) in [5.74, 6) is 0.309. The fraction of sp³-hybridized carbons (Fsp3) is 0.471. The highest BCUT2D eigenvalue weighted by Gasteiger charge is 2.28. The lowest BCUT2D eigenvalue weighted by atomic mass is 9.90. The molecule has 2 N–H and O–H groups in total. The lowest BCUT2D eigenvalue weighted by Crippen LogP contribution is -2.44. The van der Waals surface area contributed by atoms with Crippen LogP contribution < -0.4 is 15.5 Å². The van der Waals surface area contributed by atoms with Gasteiger partial charge in [0.2, 0.25) is 17.8 Å². The highest BCUT2D eigenvalue weighted by molar-refractivity contribution is 6.01. The summed E-state index contributed by atoms with van der Waals surface area (Å²) in [6, 6.07) is 5.99. The summed E-state index contributed by atoms with van der Waals surface area (Å²) in [6.45, 7) is 3.81. The summed E-state index contributed by atoms with van der Waals surface area (Å²) in [5.41, 5.74) is 2.88. The number of piperidine rings is 1. The van der Waals surface area contributed by atoms with Crippen LogP contribution in [0.5, 0.6) is 0 Å². The molecule has 0 saturated carbocycles. The summed E-state index contributed by atoms with van der Waals surface area (Å²) < 4.78 is 2.11. The van der Waals surface area contributed by atoms with Crippen molar-refractivity contribution < 1.29 is 9.59 Å². The maximum atomic E-state index is 12.1. The molecule has 2 amide bonds. The zero-order valence-electron chi connectivity index (χ0n) is 13.7. The van der Waals surface area contributed by atoms with Crippen molar-refractivity contribution in [2.24, 2.45) is 7.05 Å². The largest absolute Gasteiger partial charge is 0.340 e. The van der Waals surface area contributed by atoms with Gasteiger partial charge in [0.25, 0.3) is 0 Å². The topological polar surface area (TPSA) is 79.3 Å². The molecule has 7 heteroatoms. The van der Waals surface area contributed by atoms with E-state index in [1.165, 1.54) is 0 Å². The van der Waals surface area contributed by atoms with Crippen molar-refractivity contribution >= 4 is 28.8 Å². The van der Waals surface area contributed by atoms with Gasteiger partial charge < -0.3 is 14.8 Å². The van der Waals surface area contributed by atoms with Gasteiger partial charge in [-0.3, -0.25) is 14.9 Å². The number of hydrogen-bond donors (Lipinski definition) is 2. The molecule has 1 aromatic carbocycles. The number of carbonyl (C=O) groups excluding carboxylic acids is 2. The van der Waals surface area contributed by atoms with E-state index < -0.39 is 0 Å². The molecule has 2 fully saturated rings. The van der Waals surface area contributed by atoms with Crippen LogP contribution in [-0.4, -0.2) is 47.5 Å². The van der Waals surface area contributed by atoms with Crippen molar-refractivity contribution in [2.75, 3.05) is 31.1 Å². The second-order valence-electron chi connectivity index (χ2n) is 6.46. The van der Waals surface area contributed by atoms with Gasteiger partial charge in [-0.2, -0.15) is 0 Å². The van der Waals surface area contributed by atoms with Crippen LogP contribution in [0.25, 0.3) is 11.0 Å². The summed E-state index contributed by atoms with van der Waals surface area (Å²) >= 11 is 0. The van der Waals surface area contributed by atoms with Crippen LogP contribution in [0, 0.1) is 0 Å². The van der Waals surface area contributed by atoms with E-state index in [-0.39, 0.29) is 17.7 Å². The summed E-state index contributed by atoms with van der Waals surface area (Å²) in [7, 11) is 2.03. The summed E-state index contributed by atoms with van der Waals surface area (Å²) in [4.78, 5) is 30.5. The number of imide groups is 1. The van der Waals surface area contributed by atoms with Gasteiger partial charge in [-0.25, -0.2) is 4.98 Å². The Morgan fingerprint density at radius 3 is 2.75 bits per heavy atom. The fourth-order valence-corrected chi connectivity index (χ4v) is 3.58. The Morgan fingerprint density at radius 1 is 1.21 bits per heavy atom. The SMILES string of the molecule is Cn1c(N2CCNCC2)nc2cc(C3CCC(=O)NC3=O)ccc21. The van der Waals surface area contributed by atoms with Gasteiger partial charge in [-0.05, 0) is 24.1 Å². The molecule has 1 atom stereocenters. The molecule has 0 radical (unpaired) electrons. The number of anilines is 1. The molecule has 1 unspecified atom stereocenters. The van der Waals surface area contributed by atoms with Crippen molar-refractivity contribution in [1.82, 2.24) is 20.2 Å². The van der Waals surface area contributed by atoms with Gasteiger partial charge in [0, 0.05) is 39.6 Å². The Hall–Kier alpha value is -2.41. The van der Waals surface area contributed by atoms with E-state index in [2.05, 4.69) is 20.1 Å². The molecule has 0 bridgehead atoms. The molecule has 2 aliphatic heterocycles. The molecule has 0 spiro atoms. The van der Waals surface area contributed by atoms with Crippen molar-refractivity contribution in [1.29, 1.82) is 0 Å².